The Morgan fingerprint density at radius 1 is 0.567 bits per heavy atom. The highest BCUT2D eigenvalue weighted by Crippen LogP contribution is 2.54. The van der Waals surface area contributed by atoms with Gasteiger partial charge in [-0.2, -0.15) is 4.58 Å². The van der Waals surface area contributed by atoms with E-state index in [-0.39, 0.29) is 5.41 Å². The Bertz CT molecular complexity index is 2610. The zero-order valence-corrected chi connectivity index (χ0v) is 35.1. The molecule has 3 heteroatoms. The molecule has 0 bridgehead atoms. The Morgan fingerprint density at radius 3 is 1.57 bits per heavy atom. The van der Waals surface area contributed by atoms with Gasteiger partial charge in [-0.25, -0.2) is 0 Å². The summed E-state index contributed by atoms with van der Waals surface area (Å²) in [5.74, 6) is 0.861. The smallest absolute Gasteiger partial charge is 0.251 e. The molecule has 9 rings (SSSR count). The number of phenols is 1. The number of anilines is 1. The molecule has 0 amide bonds. The molecule has 0 radical (unpaired) electrons. The summed E-state index contributed by atoms with van der Waals surface area (Å²) in [5, 5.41) is 14.1. The van der Waals surface area contributed by atoms with Crippen LogP contribution in [0.2, 0.25) is 0 Å². The van der Waals surface area contributed by atoms with E-state index in [4.69, 9.17) is 0 Å². The van der Waals surface area contributed by atoms with Gasteiger partial charge in [-0.1, -0.05) is 178 Å². The van der Waals surface area contributed by atoms with Crippen LogP contribution < -0.4 is 4.90 Å². The van der Waals surface area contributed by atoms with Gasteiger partial charge in [-0.15, -0.1) is 0 Å². The van der Waals surface area contributed by atoms with Crippen LogP contribution in [0.3, 0.4) is 0 Å². The fourth-order valence-corrected chi connectivity index (χ4v) is 10.2. The molecule has 0 saturated heterocycles. The third-order valence-corrected chi connectivity index (χ3v) is 13.0. The van der Waals surface area contributed by atoms with Gasteiger partial charge < -0.3 is 10.0 Å². The molecule has 1 N–H and O–H groups in total. The predicted octanol–water partition coefficient (Wildman–Crippen LogP) is 12.7. The second-order valence-corrected chi connectivity index (χ2v) is 17.4. The third kappa shape index (κ3) is 7.39. The number of hydrogen-bond acceptors (Lipinski definition) is 2. The van der Waals surface area contributed by atoms with Crippen LogP contribution in [0, 0.1) is 5.92 Å². The van der Waals surface area contributed by atoms with Gasteiger partial charge in [0.05, 0.1) is 5.41 Å². The SMILES string of the molecule is CC(C)CCN1/C(=C/C=C/C2=[N+](C)c3c(O)cccc3C2(Cc2ccccc2)Cc2ccccc2)C(Cc2ccccc2)(Cc2ccccc2)c2cc3ccccc3cc21. The minimum atomic E-state index is -0.431. The molecule has 0 fully saturated rings. The Balaban J connectivity index is 1.27. The number of para-hydroxylation sites is 1. The number of rotatable bonds is 13. The Hall–Kier alpha value is -6.45. The standard InChI is InChI=1S/C57H54N2O/c1-42(2)34-35-59-51-37-48-29-17-16-28-47(48)36-50(51)57(40-45-24-12-6-13-25-45,41-46-26-14-7-15-27-46)54(59)33-19-32-53-56(38-43-20-8-4-9-21-43,39-44-22-10-5-11-23-44)49-30-18-31-52(60)55(49)58(53)3/h4-33,36-37,42H,34-35,38-41H2,1-3H3/p+1. The van der Waals surface area contributed by atoms with Gasteiger partial charge in [-0.3, -0.25) is 0 Å². The first-order valence-electron chi connectivity index (χ1n) is 21.6. The summed E-state index contributed by atoms with van der Waals surface area (Å²) in [4.78, 5) is 2.66. The minimum absolute atomic E-state index is 0.310. The van der Waals surface area contributed by atoms with E-state index in [9.17, 15) is 5.11 Å². The maximum absolute atomic E-state index is 11.6. The summed E-state index contributed by atoms with van der Waals surface area (Å²) in [6.07, 6.45) is 11.5. The molecule has 298 valence electrons. The molecule has 2 aliphatic rings. The fourth-order valence-electron chi connectivity index (χ4n) is 10.2. The van der Waals surface area contributed by atoms with Crippen molar-refractivity contribution in [1.82, 2.24) is 0 Å². The molecule has 2 heterocycles. The summed E-state index contributed by atoms with van der Waals surface area (Å²) in [7, 11) is 2.13. The predicted molar refractivity (Wildman–Crippen MR) is 251 cm³/mol. The third-order valence-electron chi connectivity index (χ3n) is 13.0. The molecule has 0 aromatic heterocycles. The van der Waals surface area contributed by atoms with Gasteiger partial charge in [0.2, 0.25) is 0 Å². The van der Waals surface area contributed by atoms with E-state index in [0.717, 1.165) is 49.9 Å². The molecule has 0 atom stereocenters. The van der Waals surface area contributed by atoms with Gasteiger partial charge in [0, 0.05) is 35.0 Å². The Kier molecular flexibility index (Phi) is 10.8. The Morgan fingerprint density at radius 2 is 1.05 bits per heavy atom. The fraction of sp³-hybridized carbons (Fsp3) is 0.211. The highest BCUT2D eigenvalue weighted by atomic mass is 16.3. The monoisotopic (exact) mass is 783 g/mol. The molecule has 0 aliphatic carbocycles. The molecule has 7 aromatic carbocycles. The van der Waals surface area contributed by atoms with Crippen molar-refractivity contribution < 1.29 is 9.68 Å². The first-order chi connectivity index (χ1) is 29.3. The van der Waals surface area contributed by atoms with E-state index in [0.29, 0.717) is 11.7 Å². The van der Waals surface area contributed by atoms with Crippen LogP contribution in [-0.2, 0) is 36.5 Å². The van der Waals surface area contributed by atoms with Gasteiger partial charge in [0.15, 0.2) is 11.5 Å². The van der Waals surface area contributed by atoms with Crippen LogP contribution >= 0.6 is 0 Å². The van der Waals surface area contributed by atoms with E-state index in [1.54, 1.807) is 0 Å². The first kappa shape index (κ1) is 39.0. The van der Waals surface area contributed by atoms with Crippen molar-refractivity contribution in [2.75, 3.05) is 18.5 Å². The van der Waals surface area contributed by atoms with Crippen molar-refractivity contribution in [2.24, 2.45) is 5.92 Å². The molecule has 60 heavy (non-hydrogen) atoms. The van der Waals surface area contributed by atoms with Gasteiger partial charge in [-0.05, 0) is 101 Å². The highest BCUT2D eigenvalue weighted by Gasteiger charge is 2.52. The number of allylic oxidation sites excluding steroid dienone is 4. The number of fused-ring (bicyclic) bond motifs is 3. The minimum Gasteiger partial charge on any atom is -0.502 e. The molecule has 2 aliphatic heterocycles. The van der Waals surface area contributed by atoms with Crippen LogP contribution in [0.1, 0.15) is 53.6 Å². The topological polar surface area (TPSA) is 26.5 Å². The number of phenolic OH excluding ortho intramolecular Hbond substituents is 1. The van der Waals surface area contributed by atoms with Crippen LogP contribution in [-0.4, -0.2) is 29.0 Å². The quantitative estimate of drug-likeness (QED) is 0.118. The maximum Gasteiger partial charge on any atom is 0.251 e. The largest absolute Gasteiger partial charge is 0.502 e. The lowest BCUT2D eigenvalue weighted by molar-refractivity contribution is -0.402. The zero-order chi connectivity index (χ0) is 41.1. The summed E-state index contributed by atoms with van der Waals surface area (Å²) >= 11 is 0. The van der Waals surface area contributed by atoms with Crippen molar-refractivity contribution in [3.63, 3.8) is 0 Å². The number of aromatic hydroxyl groups is 1. The molecule has 0 spiro atoms. The van der Waals surface area contributed by atoms with Crippen LogP contribution in [0.25, 0.3) is 10.8 Å². The summed E-state index contributed by atoms with van der Waals surface area (Å²) < 4.78 is 2.25. The van der Waals surface area contributed by atoms with E-state index in [1.165, 1.54) is 55.7 Å². The molecular formula is C57H55N2O+. The highest BCUT2D eigenvalue weighted by molar-refractivity contribution is 6.05. The van der Waals surface area contributed by atoms with E-state index in [2.05, 4.69) is 212 Å². The number of benzene rings is 7. The average molecular weight is 784 g/mol. The number of hydrogen-bond donors (Lipinski definition) is 1. The van der Waals surface area contributed by atoms with E-state index < -0.39 is 5.41 Å². The lowest BCUT2D eigenvalue weighted by Crippen LogP contribution is -2.39. The van der Waals surface area contributed by atoms with Crippen molar-refractivity contribution in [1.29, 1.82) is 0 Å². The van der Waals surface area contributed by atoms with Crippen LogP contribution in [0.15, 0.2) is 200 Å². The average Bonchev–Trinajstić information content (AvgIpc) is 3.64. The van der Waals surface area contributed by atoms with E-state index >= 15 is 0 Å². The van der Waals surface area contributed by atoms with E-state index in [1.807, 2.05) is 12.1 Å². The van der Waals surface area contributed by atoms with Gasteiger partial charge in [0.25, 0.3) is 5.69 Å². The van der Waals surface area contributed by atoms with Gasteiger partial charge in [0.1, 0.15) is 7.05 Å². The lowest BCUT2D eigenvalue weighted by atomic mass is 9.68. The molecular weight excluding hydrogens is 729 g/mol. The Labute approximate surface area is 356 Å². The van der Waals surface area contributed by atoms with Crippen molar-refractivity contribution >= 4 is 27.9 Å². The van der Waals surface area contributed by atoms with Crippen molar-refractivity contribution in [2.45, 2.75) is 56.8 Å². The molecule has 0 saturated carbocycles. The van der Waals surface area contributed by atoms with Gasteiger partial charge >= 0.3 is 0 Å². The summed E-state index contributed by atoms with van der Waals surface area (Å²) in [5.41, 5.74) is 11.7. The molecule has 7 aromatic rings. The maximum atomic E-state index is 11.6. The molecule has 0 unspecified atom stereocenters. The second kappa shape index (κ2) is 16.7. The summed E-state index contributed by atoms with van der Waals surface area (Å²) in [6.45, 7) is 5.59. The normalized spacial score (nSPS) is 16.0. The van der Waals surface area contributed by atoms with Crippen LogP contribution in [0.4, 0.5) is 11.4 Å². The second-order valence-electron chi connectivity index (χ2n) is 17.4. The lowest BCUT2D eigenvalue weighted by Gasteiger charge is -2.35. The first-order valence-corrected chi connectivity index (χ1v) is 21.6. The number of nitrogens with zero attached hydrogens (tertiary/aromatic N) is 2. The zero-order valence-electron chi connectivity index (χ0n) is 35.1. The van der Waals surface area contributed by atoms with Crippen molar-refractivity contribution in [3.05, 3.63) is 233 Å². The van der Waals surface area contributed by atoms with Crippen molar-refractivity contribution in [3.8, 4) is 5.75 Å². The van der Waals surface area contributed by atoms with Crippen LogP contribution in [0.5, 0.6) is 5.75 Å². The molecule has 3 nitrogen and oxygen atoms in total. The summed E-state index contributed by atoms with van der Waals surface area (Å²) in [6, 6.07) is 63.7.